The molecule has 0 bridgehead atoms. The first-order valence-corrected chi connectivity index (χ1v) is 19.8. The number of ether oxygens (including phenoxy) is 7. The minimum absolute atomic E-state index is 0.0397. The molecule has 0 unspecified atom stereocenters. The first-order chi connectivity index (χ1) is 29.4. The van der Waals surface area contributed by atoms with E-state index in [9.17, 15) is 5.26 Å². The number of aryl methyl sites for hydroxylation is 1. The van der Waals surface area contributed by atoms with Crippen LogP contribution < -0.4 is 43.0 Å². The van der Waals surface area contributed by atoms with Crippen LogP contribution >= 0.6 is 0 Å². The molecule has 0 aliphatic carbocycles. The SMILES string of the molecule is CCc1nc(C2CCN(c3nncc4c(OC)c(OC)c(OC)cc34)CC2)no1.COc1cc2c(N3CCC(Oc4ccccc4C#N)CC3)nncc2c(OC)c1OC. The summed E-state index contributed by atoms with van der Waals surface area (Å²) in [5, 5.41) is 34.1. The van der Waals surface area contributed by atoms with Gasteiger partial charge in [0.2, 0.25) is 17.4 Å². The average molecular weight is 820 g/mol. The molecule has 0 spiro atoms. The summed E-state index contributed by atoms with van der Waals surface area (Å²) in [6.45, 7) is 5.17. The minimum Gasteiger partial charge on any atom is -0.493 e. The van der Waals surface area contributed by atoms with Crippen LogP contribution in [0.3, 0.4) is 0 Å². The van der Waals surface area contributed by atoms with Gasteiger partial charge in [-0.25, -0.2) is 0 Å². The normalized spacial score (nSPS) is 14.6. The minimum atomic E-state index is 0.0397. The highest BCUT2D eigenvalue weighted by Gasteiger charge is 2.29. The van der Waals surface area contributed by atoms with Gasteiger partial charge in [0, 0.05) is 62.1 Å². The molecule has 3 aromatic carbocycles. The van der Waals surface area contributed by atoms with Crippen LogP contribution in [-0.2, 0) is 6.42 Å². The van der Waals surface area contributed by atoms with Crippen molar-refractivity contribution in [2.24, 2.45) is 0 Å². The lowest BCUT2D eigenvalue weighted by molar-refractivity contribution is 0.170. The van der Waals surface area contributed by atoms with Crippen LogP contribution in [0.15, 0.2) is 53.3 Å². The molecule has 0 radical (unpaired) electrons. The Labute approximate surface area is 348 Å². The van der Waals surface area contributed by atoms with Gasteiger partial charge in [0.1, 0.15) is 17.9 Å². The van der Waals surface area contributed by atoms with Crippen LogP contribution in [0, 0.1) is 11.3 Å². The average Bonchev–Trinajstić information content (AvgIpc) is 3.80. The van der Waals surface area contributed by atoms with E-state index in [1.54, 1.807) is 61.1 Å². The zero-order valence-electron chi connectivity index (χ0n) is 34.9. The molecule has 314 valence electrons. The Hall–Kier alpha value is -6.83. The van der Waals surface area contributed by atoms with E-state index in [2.05, 4.69) is 46.4 Å². The van der Waals surface area contributed by atoms with Crippen molar-refractivity contribution in [2.75, 3.05) is 78.6 Å². The summed E-state index contributed by atoms with van der Waals surface area (Å²) in [6, 6.07) is 13.4. The molecule has 3 aromatic heterocycles. The fourth-order valence-electron chi connectivity index (χ4n) is 7.79. The second-order valence-electron chi connectivity index (χ2n) is 14.1. The molecule has 6 aromatic rings. The molecule has 0 amide bonds. The van der Waals surface area contributed by atoms with E-state index in [1.807, 2.05) is 37.3 Å². The highest BCUT2D eigenvalue weighted by atomic mass is 16.5. The molecule has 60 heavy (non-hydrogen) atoms. The Morgan fingerprint density at radius 2 is 1.18 bits per heavy atom. The van der Waals surface area contributed by atoms with Gasteiger partial charge >= 0.3 is 0 Å². The van der Waals surface area contributed by atoms with Crippen LogP contribution in [-0.4, -0.2) is 105 Å². The van der Waals surface area contributed by atoms with Gasteiger partial charge in [-0.05, 0) is 37.1 Å². The summed E-state index contributed by atoms with van der Waals surface area (Å²) in [5.74, 6) is 7.41. The maximum absolute atomic E-state index is 9.28. The van der Waals surface area contributed by atoms with E-state index >= 15 is 0 Å². The number of hydrogen-bond donors (Lipinski definition) is 0. The van der Waals surface area contributed by atoms with Crippen molar-refractivity contribution in [3.05, 3.63) is 66.1 Å². The first kappa shape index (κ1) is 41.3. The van der Waals surface area contributed by atoms with E-state index in [0.29, 0.717) is 57.6 Å². The smallest absolute Gasteiger partial charge is 0.226 e. The lowest BCUT2D eigenvalue weighted by atomic mass is 9.96. The number of rotatable bonds is 12. The predicted molar refractivity (Wildman–Crippen MR) is 223 cm³/mol. The number of fused-ring (bicyclic) bond motifs is 2. The third kappa shape index (κ3) is 8.22. The molecule has 2 saturated heterocycles. The van der Waals surface area contributed by atoms with Gasteiger partial charge in [0.05, 0.1) is 71.4 Å². The molecular weight excluding hydrogens is 771 g/mol. The van der Waals surface area contributed by atoms with Crippen LogP contribution in [0.5, 0.6) is 40.2 Å². The molecule has 0 N–H and O–H groups in total. The van der Waals surface area contributed by atoms with Crippen molar-refractivity contribution < 1.29 is 37.7 Å². The second-order valence-corrected chi connectivity index (χ2v) is 14.1. The van der Waals surface area contributed by atoms with Crippen molar-refractivity contribution in [2.45, 2.75) is 51.0 Å². The zero-order chi connectivity index (χ0) is 42.2. The topological polar surface area (TPSA) is 185 Å². The Bertz CT molecular complexity index is 2460. The number of piperidine rings is 2. The van der Waals surface area contributed by atoms with Crippen LogP contribution in [0.25, 0.3) is 21.5 Å². The summed E-state index contributed by atoms with van der Waals surface area (Å²) in [5.41, 5.74) is 0.554. The van der Waals surface area contributed by atoms with Crippen molar-refractivity contribution in [1.29, 1.82) is 5.26 Å². The van der Waals surface area contributed by atoms with Gasteiger partial charge < -0.3 is 47.5 Å². The standard InChI is InChI=1S/C23H24N4O4.C20H25N5O4/c1-28-20-12-17-18(21(29-2)22(20)30-3)14-25-26-23(17)27-10-8-16(9-11-27)31-19-7-5-4-6-15(19)13-24;1-5-16-22-19(24-29-16)12-6-8-25(9-7-12)20-13-10-15(26-2)18(28-4)17(27-3)14(13)11-21-23-20/h4-7,12,14,16H,8-11H2,1-3H3;10-12H,5-9H2,1-4H3. The number of aromatic nitrogens is 6. The highest BCUT2D eigenvalue weighted by molar-refractivity contribution is 6.00. The van der Waals surface area contributed by atoms with Gasteiger partial charge in [0.25, 0.3) is 0 Å². The highest BCUT2D eigenvalue weighted by Crippen LogP contribution is 2.47. The number of nitrogens with zero attached hydrogens (tertiary/aromatic N) is 9. The third-order valence-corrected chi connectivity index (χ3v) is 10.9. The van der Waals surface area contributed by atoms with E-state index in [-0.39, 0.29) is 6.10 Å². The molecule has 8 rings (SSSR count). The summed E-state index contributed by atoms with van der Waals surface area (Å²) in [4.78, 5) is 8.92. The molecule has 17 heteroatoms. The van der Waals surface area contributed by atoms with E-state index in [1.165, 1.54) is 0 Å². The first-order valence-electron chi connectivity index (χ1n) is 19.8. The number of nitriles is 1. The summed E-state index contributed by atoms with van der Waals surface area (Å²) < 4.78 is 44.6. The van der Waals surface area contributed by atoms with Gasteiger partial charge in [-0.15, -0.1) is 10.2 Å². The molecule has 17 nitrogen and oxygen atoms in total. The van der Waals surface area contributed by atoms with E-state index < -0.39 is 0 Å². The number of anilines is 2. The van der Waals surface area contributed by atoms with Crippen molar-refractivity contribution in [1.82, 2.24) is 30.5 Å². The number of hydrogen-bond acceptors (Lipinski definition) is 17. The Balaban J connectivity index is 0.000000182. The van der Waals surface area contributed by atoms with Gasteiger partial charge in [0.15, 0.2) is 40.5 Å². The second kappa shape index (κ2) is 18.8. The summed E-state index contributed by atoms with van der Waals surface area (Å²) >= 11 is 0. The van der Waals surface area contributed by atoms with E-state index in [4.69, 9.17) is 37.7 Å². The fraction of sp³-hybridized carbons (Fsp3) is 0.419. The zero-order valence-corrected chi connectivity index (χ0v) is 34.9. The Morgan fingerprint density at radius 3 is 1.65 bits per heavy atom. The third-order valence-electron chi connectivity index (χ3n) is 10.9. The molecule has 0 saturated carbocycles. The lowest BCUT2D eigenvalue weighted by Crippen LogP contribution is -2.39. The molecule has 2 fully saturated rings. The number of benzene rings is 3. The van der Waals surface area contributed by atoms with Crippen molar-refractivity contribution in [3.8, 4) is 46.3 Å². The van der Waals surface area contributed by atoms with Gasteiger partial charge in [-0.3, -0.25) is 0 Å². The molecule has 0 atom stereocenters. The van der Waals surface area contributed by atoms with Crippen molar-refractivity contribution in [3.63, 3.8) is 0 Å². The molecule has 5 heterocycles. The summed E-state index contributed by atoms with van der Waals surface area (Å²) in [7, 11) is 9.58. The molecule has 2 aliphatic rings. The van der Waals surface area contributed by atoms with Crippen LogP contribution in [0.1, 0.15) is 55.8 Å². The quantitative estimate of drug-likeness (QED) is 0.129. The van der Waals surface area contributed by atoms with Crippen LogP contribution in [0.4, 0.5) is 11.6 Å². The maximum Gasteiger partial charge on any atom is 0.226 e. The number of para-hydroxylation sites is 1. The Kier molecular flexibility index (Phi) is 13.0. The molecule has 2 aliphatic heterocycles. The monoisotopic (exact) mass is 819 g/mol. The van der Waals surface area contributed by atoms with Gasteiger partial charge in [-0.1, -0.05) is 24.2 Å². The predicted octanol–water partition coefficient (Wildman–Crippen LogP) is 6.56. The van der Waals surface area contributed by atoms with E-state index in [0.717, 1.165) is 97.3 Å². The number of methoxy groups -OCH3 is 6. The lowest BCUT2D eigenvalue weighted by Gasteiger charge is -2.33. The fourth-order valence-corrected chi connectivity index (χ4v) is 7.79. The van der Waals surface area contributed by atoms with Gasteiger partial charge in [-0.2, -0.15) is 20.4 Å². The largest absolute Gasteiger partial charge is 0.493 e. The van der Waals surface area contributed by atoms with Crippen LogP contribution in [0.2, 0.25) is 0 Å². The van der Waals surface area contributed by atoms with Crippen molar-refractivity contribution >= 4 is 33.2 Å². The summed E-state index contributed by atoms with van der Waals surface area (Å²) in [6.07, 6.45) is 7.62. The molecular formula is C43H49N9O8. The maximum atomic E-state index is 9.28. The Morgan fingerprint density at radius 1 is 0.667 bits per heavy atom.